The molecule has 0 saturated heterocycles. The van der Waals surface area contributed by atoms with Crippen molar-refractivity contribution < 1.29 is 19.0 Å². The maximum absolute atomic E-state index is 13.8. The number of ether oxygens (including phenoxy) is 1. The van der Waals surface area contributed by atoms with Crippen LogP contribution < -0.4 is 15.4 Å². The number of carbonyl (C=O) groups is 1. The van der Waals surface area contributed by atoms with Crippen molar-refractivity contribution in [3.63, 3.8) is 0 Å². The van der Waals surface area contributed by atoms with E-state index < -0.39 is 11.9 Å². The molecule has 0 fully saturated rings. The standard InChI is InChI=1S/C19H19FN2O3/c20-14-7-3-6-13-15(8-9-25-18(13)14)21-19(24)22-16-10-11-4-1-2-5-12(11)17(16)23/h1-7,15-17,23H,8-10H2,(H2,21,22,24)/t15-,16-,17-/m0/s1. The molecular weight excluding hydrogens is 323 g/mol. The molecular formula is C19H19FN2O3. The second kappa shape index (κ2) is 6.37. The van der Waals surface area contributed by atoms with E-state index in [1.54, 1.807) is 12.1 Å². The van der Waals surface area contributed by atoms with E-state index in [2.05, 4.69) is 10.6 Å². The molecule has 6 heteroatoms. The lowest BCUT2D eigenvalue weighted by Gasteiger charge is -2.28. The van der Waals surface area contributed by atoms with Gasteiger partial charge in [0.05, 0.1) is 24.8 Å². The Morgan fingerprint density at radius 3 is 2.76 bits per heavy atom. The number of benzene rings is 2. The van der Waals surface area contributed by atoms with Gasteiger partial charge in [-0.05, 0) is 23.6 Å². The van der Waals surface area contributed by atoms with Crippen LogP contribution in [0.5, 0.6) is 5.75 Å². The van der Waals surface area contributed by atoms with E-state index in [4.69, 9.17) is 4.74 Å². The number of hydrogen-bond acceptors (Lipinski definition) is 3. The molecule has 0 spiro atoms. The minimum atomic E-state index is -0.721. The molecule has 0 unspecified atom stereocenters. The molecule has 130 valence electrons. The lowest BCUT2D eigenvalue weighted by molar-refractivity contribution is 0.141. The first kappa shape index (κ1) is 15.9. The highest BCUT2D eigenvalue weighted by molar-refractivity contribution is 5.75. The molecule has 25 heavy (non-hydrogen) atoms. The van der Waals surface area contributed by atoms with Gasteiger partial charge in [0.2, 0.25) is 0 Å². The van der Waals surface area contributed by atoms with Gasteiger partial charge in [-0.25, -0.2) is 9.18 Å². The van der Waals surface area contributed by atoms with Crippen LogP contribution in [-0.2, 0) is 6.42 Å². The number of urea groups is 1. The Hall–Kier alpha value is -2.60. The molecule has 4 rings (SSSR count). The molecule has 0 bridgehead atoms. The van der Waals surface area contributed by atoms with Crippen LogP contribution in [0, 0.1) is 5.82 Å². The van der Waals surface area contributed by atoms with Gasteiger partial charge in [-0.1, -0.05) is 36.4 Å². The average Bonchev–Trinajstić information content (AvgIpc) is 2.92. The van der Waals surface area contributed by atoms with E-state index in [-0.39, 0.29) is 23.9 Å². The van der Waals surface area contributed by atoms with Crippen LogP contribution in [-0.4, -0.2) is 23.8 Å². The first-order valence-electron chi connectivity index (χ1n) is 8.37. The van der Waals surface area contributed by atoms with Crippen LogP contribution in [0.2, 0.25) is 0 Å². The molecule has 3 atom stereocenters. The first-order chi connectivity index (χ1) is 12.1. The Morgan fingerprint density at radius 2 is 1.92 bits per heavy atom. The molecule has 1 aliphatic heterocycles. The first-order valence-corrected chi connectivity index (χ1v) is 8.37. The highest BCUT2D eigenvalue weighted by Crippen LogP contribution is 2.34. The van der Waals surface area contributed by atoms with Crippen LogP contribution in [0.3, 0.4) is 0 Å². The van der Waals surface area contributed by atoms with Crippen LogP contribution in [0.1, 0.15) is 35.3 Å². The van der Waals surface area contributed by atoms with Gasteiger partial charge in [0.25, 0.3) is 0 Å². The number of carbonyl (C=O) groups excluding carboxylic acids is 1. The highest BCUT2D eigenvalue weighted by Gasteiger charge is 2.32. The van der Waals surface area contributed by atoms with Gasteiger partial charge in [-0.15, -0.1) is 0 Å². The van der Waals surface area contributed by atoms with Crippen molar-refractivity contribution in [2.75, 3.05) is 6.61 Å². The summed E-state index contributed by atoms with van der Waals surface area (Å²) in [7, 11) is 0. The van der Waals surface area contributed by atoms with Gasteiger partial charge in [0.1, 0.15) is 0 Å². The molecule has 1 aliphatic carbocycles. The molecule has 2 aromatic rings. The van der Waals surface area contributed by atoms with Gasteiger partial charge in [-0.2, -0.15) is 0 Å². The topological polar surface area (TPSA) is 70.6 Å². The van der Waals surface area contributed by atoms with Gasteiger partial charge >= 0.3 is 6.03 Å². The van der Waals surface area contributed by atoms with E-state index in [0.717, 1.165) is 11.1 Å². The number of aliphatic hydroxyl groups excluding tert-OH is 1. The molecule has 5 nitrogen and oxygen atoms in total. The van der Waals surface area contributed by atoms with Crippen molar-refractivity contribution in [2.45, 2.75) is 31.0 Å². The van der Waals surface area contributed by atoms with Crippen molar-refractivity contribution in [2.24, 2.45) is 0 Å². The predicted molar refractivity (Wildman–Crippen MR) is 89.8 cm³/mol. The fraction of sp³-hybridized carbons (Fsp3) is 0.316. The van der Waals surface area contributed by atoms with Gasteiger partial charge in [-0.3, -0.25) is 0 Å². The summed E-state index contributed by atoms with van der Waals surface area (Å²) in [6, 6.07) is 11.2. The van der Waals surface area contributed by atoms with E-state index in [1.807, 2.05) is 24.3 Å². The molecule has 0 saturated carbocycles. The van der Waals surface area contributed by atoms with Crippen LogP contribution in [0.4, 0.5) is 9.18 Å². The van der Waals surface area contributed by atoms with E-state index in [9.17, 15) is 14.3 Å². The Balaban J connectivity index is 1.44. The summed E-state index contributed by atoms with van der Waals surface area (Å²) in [5.74, 6) is -0.224. The second-order valence-electron chi connectivity index (χ2n) is 6.42. The zero-order chi connectivity index (χ0) is 17.4. The summed E-state index contributed by atoms with van der Waals surface area (Å²) < 4.78 is 19.2. The predicted octanol–water partition coefficient (Wildman–Crippen LogP) is 2.61. The number of nitrogens with one attached hydrogen (secondary N) is 2. The van der Waals surface area contributed by atoms with Gasteiger partial charge in [0.15, 0.2) is 11.6 Å². The zero-order valence-electron chi connectivity index (χ0n) is 13.5. The maximum atomic E-state index is 13.8. The Bertz CT molecular complexity index is 811. The van der Waals surface area contributed by atoms with E-state index in [0.29, 0.717) is 25.0 Å². The molecule has 2 aromatic carbocycles. The zero-order valence-corrected chi connectivity index (χ0v) is 13.5. The quantitative estimate of drug-likeness (QED) is 0.786. The summed E-state index contributed by atoms with van der Waals surface area (Å²) in [4.78, 5) is 12.4. The summed E-state index contributed by atoms with van der Waals surface area (Å²) in [5, 5.41) is 16.1. The summed E-state index contributed by atoms with van der Waals surface area (Å²) in [6.07, 6.45) is 0.433. The Kier molecular flexibility index (Phi) is 4.05. The Morgan fingerprint density at radius 1 is 1.12 bits per heavy atom. The molecule has 2 amide bonds. The number of hydrogen-bond donors (Lipinski definition) is 3. The highest BCUT2D eigenvalue weighted by atomic mass is 19.1. The molecule has 0 aromatic heterocycles. The fourth-order valence-electron chi connectivity index (χ4n) is 3.61. The number of fused-ring (bicyclic) bond motifs is 2. The van der Waals surface area contributed by atoms with Crippen molar-refractivity contribution in [3.05, 3.63) is 65.0 Å². The molecule has 1 heterocycles. The lowest BCUT2D eigenvalue weighted by atomic mass is 10.0. The summed E-state index contributed by atoms with van der Waals surface area (Å²) in [5.41, 5.74) is 2.53. The van der Waals surface area contributed by atoms with Crippen molar-refractivity contribution in [1.29, 1.82) is 0 Å². The number of halogens is 1. The smallest absolute Gasteiger partial charge is 0.315 e. The Labute approximate surface area is 144 Å². The molecule has 0 radical (unpaired) electrons. The third-order valence-corrected chi connectivity index (χ3v) is 4.84. The third kappa shape index (κ3) is 2.93. The number of aliphatic hydroxyl groups is 1. The van der Waals surface area contributed by atoms with Crippen LogP contribution in [0.25, 0.3) is 0 Å². The van der Waals surface area contributed by atoms with E-state index in [1.165, 1.54) is 6.07 Å². The monoisotopic (exact) mass is 342 g/mol. The normalized spacial score (nSPS) is 24.0. The minimum absolute atomic E-state index is 0.201. The molecule has 3 N–H and O–H groups in total. The minimum Gasteiger partial charge on any atom is -0.490 e. The second-order valence-corrected chi connectivity index (χ2v) is 6.42. The van der Waals surface area contributed by atoms with E-state index >= 15 is 0 Å². The summed E-state index contributed by atoms with van der Waals surface area (Å²) >= 11 is 0. The number of para-hydroxylation sites is 1. The van der Waals surface area contributed by atoms with Crippen LogP contribution in [0.15, 0.2) is 42.5 Å². The fourth-order valence-corrected chi connectivity index (χ4v) is 3.61. The average molecular weight is 342 g/mol. The SMILES string of the molecule is O=C(N[C@H]1CCOc2c(F)cccc21)N[C@H]1Cc2ccccc2[C@@H]1O. The number of rotatable bonds is 2. The van der Waals surface area contributed by atoms with Gasteiger partial charge in [0, 0.05) is 12.0 Å². The van der Waals surface area contributed by atoms with Crippen molar-refractivity contribution >= 4 is 6.03 Å². The van der Waals surface area contributed by atoms with Crippen molar-refractivity contribution in [1.82, 2.24) is 10.6 Å². The largest absolute Gasteiger partial charge is 0.490 e. The van der Waals surface area contributed by atoms with Gasteiger partial charge < -0.3 is 20.5 Å². The maximum Gasteiger partial charge on any atom is 0.315 e. The lowest BCUT2D eigenvalue weighted by Crippen LogP contribution is -2.46. The number of amides is 2. The summed E-state index contributed by atoms with van der Waals surface area (Å²) in [6.45, 7) is 0.344. The van der Waals surface area contributed by atoms with Crippen molar-refractivity contribution in [3.8, 4) is 5.75 Å². The third-order valence-electron chi connectivity index (χ3n) is 4.84. The van der Waals surface area contributed by atoms with Crippen LogP contribution >= 0.6 is 0 Å². The molecule has 2 aliphatic rings.